The highest BCUT2D eigenvalue weighted by molar-refractivity contribution is 6.43. The second-order valence-corrected chi connectivity index (χ2v) is 4.06. The van der Waals surface area contributed by atoms with Gasteiger partial charge >= 0.3 is 0 Å². The average molecular weight is 247 g/mol. The normalized spacial score (nSPS) is 10.3. The summed E-state index contributed by atoms with van der Waals surface area (Å²) in [6.07, 6.45) is 1.15. The van der Waals surface area contributed by atoms with Crippen LogP contribution in [0.25, 0.3) is 0 Å². The summed E-state index contributed by atoms with van der Waals surface area (Å²) in [5.74, 6) is 0. The van der Waals surface area contributed by atoms with Crippen LogP contribution in [0.2, 0.25) is 10.0 Å². The van der Waals surface area contributed by atoms with E-state index >= 15 is 0 Å². The van der Waals surface area contributed by atoms with Gasteiger partial charge in [0.1, 0.15) is 0 Å². The van der Waals surface area contributed by atoms with Gasteiger partial charge in [0.15, 0.2) is 0 Å². The highest BCUT2D eigenvalue weighted by Crippen LogP contribution is 2.29. The molecule has 2 nitrogen and oxygen atoms in total. The zero-order valence-corrected chi connectivity index (χ0v) is 10.3. The number of anilines is 1. The van der Waals surface area contributed by atoms with Crippen molar-refractivity contribution in [1.29, 1.82) is 0 Å². The Bertz CT molecular complexity index is 303. The van der Waals surface area contributed by atoms with E-state index in [1.807, 2.05) is 12.1 Å². The second-order valence-electron chi connectivity index (χ2n) is 3.28. The van der Waals surface area contributed by atoms with Gasteiger partial charge in [0, 0.05) is 13.1 Å². The number of halogens is 2. The molecule has 0 saturated carbocycles. The number of hydrogen-bond donors (Lipinski definition) is 2. The van der Waals surface area contributed by atoms with E-state index < -0.39 is 0 Å². The fourth-order valence-electron chi connectivity index (χ4n) is 1.23. The molecular formula is C11H16Cl2N2. The summed E-state index contributed by atoms with van der Waals surface area (Å²) in [5, 5.41) is 7.71. The van der Waals surface area contributed by atoms with Gasteiger partial charge in [0.2, 0.25) is 0 Å². The highest BCUT2D eigenvalue weighted by atomic mass is 35.5. The van der Waals surface area contributed by atoms with E-state index in [-0.39, 0.29) is 0 Å². The minimum atomic E-state index is 0.586. The molecule has 2 N–H and O–H groups in total. The summed E-state index contributed by atoms with van der Waals surface area (Å²) in [7, 11) is 0. The van der Waals surface area contributed by atoms with Gasteiger partial charge in [-0.3, -0.25) is 0 Å². The molecule has 0 unspecified atom stereocenters. The number of hydrogen-bond acceptors (Lipinski definition) is 2. The lowest BCUT2D eigenvalue weighted by atomic mass is 10.3. The predicted molar refractivity (Wildman–Crippen MR) is 68.1 cm³/mol. The molecule has 4 heteroatoms. The first-order valence-electron chi connectivity index (χ1n) is 5.14. The lowest BCUT2D eigenvalue weighted by molar-refractivity contribution is 0.688. The van der Waals surface area contributed by atoms with Gasteiger partial charge in [-0.05, 0) is 25.1 Å². The van der Waals surface area contributed by atoms with Crippen LogP contribution in [0.3, 0.4) is 0 Å². The summed E-state index contributed by atoms with van der Waals surface area (Å²) in [4.78, 5) is 0. The van der Waals surface area contributed by atoms with Crippen LogP contribution in [-0.2, 0) is 0 Å². The lowest BCUT2D eigenvalue weighted by Gasteiger charge is -2.09. The third-order valence-electron chi connectivity index (χ3n) is 2.00. The fraction of sp³-hybridized carbons (Fsp3) is 0.455. The van der Waals surface area contributed by atoms with E-state index in [1.54, 1.807) is 6.07 Å². The molecule has 1 rings (SSSR count). The molecule has 0 aliphatic heterocycles. The molecule has 1 aromatic carbocycles. The van der Waals surface area contributed by atoms with Crippen LogP contribution in [0.4, 0.5) is 5.69 Å². The smallest absolute Gasteiger partial charge is 0.0823 e. The molecule has 0 saturated heterocycles. The molecular weight excluding hydrogens is 231 g/mol. The van der Waals surface area contributed by atoms with Crippen molar-refractivity contribution in [2.24, 2.45) is 0 Å². The Morgan fingerprint density at radius 2 is 1.93 bits per heavy atom. The Morgan fingerprint density at radius 1 is 1.13 bits per heavy atom. The Morgan fingerprint density at radius 3 is 2.67 bits per heavy atom. The Kier molecular flexibility index (Phi) is 5.84. The van der Waals surface area contributed by atoms with Crippen molar-refractivity contribution in [2.75, 3.05) is 25.0 Å². The summed E-state index contributed by atoms with van der Waals surface area (Å²) >= 11 is 11.9. The fourth-order valence-corrected chi connectivity index (χ4v) is 1.60. The SMILES string of the molecule is CCCNCCNc1cccc(Cl)c1Cl. The summed E-state index contributed by atoms with van der Waals surface area (Å²) in [5.41, 5.74) is 0.891. The van der Waals surface area contributed by atoms with E-state index in [0.29, 0.717) is 10.0 Å². The van der Waals surface area contributed by atoms with Crippen molar-refractivity contribution in [1.82, 2.24) is 5.32 Å². The molecule has 0 fully saturated rings. The maximum atomic E-state index is 6.02. The van der Waals surface area contributed by atoms with Gasteiger partial charge in [-0.2, -0.15) is 0 Å². The average Bonchev–Trinajstić information content (AvgIpc) is 2.24. The van der Waals surface area contributed by atoms with Crippen molar-refractivity contribution < 1.29 is 0 Å². The Balaban J connectivity index is 2.34. The highest BCUT2D eigenvalue weighted by Gasteiger charge is 2.02. The quantitative estimate of drug-likeness (QED) is 0.753. The van der Waals surface area contributed by atoms with E-state index in [4.69, 9.17) is 23.2 Å². The van der Waals surface area contributed by atoms with Crippen molar-refractivity contribution in [3.8, 4) is 0 Å². The van der Waals surface area contributed by atoms with Gasteiger partial charge < -0.3 is 10.6 Å². The first kappa shape index (κ1) is 12.6. The summed E-state index contributed by atoms with van der Waals surface area (Å²) in [6.45, 7) is 4.97. The van der Waals surface area contributed by atoms with E-state index in [1.165, 1.54) is 0 Å². The first-order valence-corrected chi connectivity index (χ1v) is 5.90. The van der Waals surface area contributed by atoms with Crippen molar-refractivity contribution >= 4 is 28.9 Å². The molecule has 0 radical (unpaired) electrons. The third-order valence-corrected chi connectivity index (χ3v) is 2.81. The van der Waals surface area contributed by atoms with Crippen LogP contribution in [0.1, 0.15) is 13.3 Å². The zero-order chi connectivity index (χ0) is 11.1. The molecule has 0 amide bonds. The third kappa shape index (κ3) is 4.29. The van der Waals surface area contributed by atoms with E-state index in [2.05, 4.69) is 17.6 Å². The number of benzene rings is 1. The van der Waals surface area contributed by atoms with Crippen molar-refractivity contribution in [2.45, 2.75) is 13.3 Å². The molecule has 0 aliphatic carbocycles. The molecule has 0 aromatic heterocycles. The first-order chi connectivity index (χ1) is 7.25. The van der Waals surface area contributed by atoms with E-state index in [0.717, 1.165) is 31.7 Å². The van der Waals surface area contributed by atoms with Gasteiger partial charge in [-0.1, -0.05) is 36.2 Å². The molecule has 15 heavy (non-hydrogen) atoms. The predicted octanol–water partition coefficient (Wildman–Crippen LogP) is 3.40. The second kappa shape index (κ2) is 6.94. The minimum absolute atomic E-state index is 0.586. The topological polar surface area (TPSA) is 24.1 Å². The van der Waals surface area contributed by atoms with Crippen LogP contribution in [0, 0.1) is 0 Å². The van der Waals surface area contributed by atoms with Gasteiger partial charge in [-0.25, -0.2) is 0 Å². The van der Waals surface area contributed by atoms with Gasteiger partial charge in [-0.15, -0.1) is 0 Å². The van der Waals surface area contributed by atoms with Gasteiger partial charge in [0.05, 0.1) is 15.7 Å². The summed E-state index contributed by atoms with van der Waals surface area (Å²) < 4.78 is 0. The number of rotatable bonds is 6. The monoisotopic (exact) mass is 246 g/mol. The van der Waals surface area contributed by atoms with Crippen LogP contribution in [0.5, 0.6) is 0 Å². The molecule has 84 valence electrons. The molecule has 0 atom stereocenters. The molecule has 1 aromatic rings. The largest absolute Gasteiger partial charge is 0.383 e. The molecule has 0 bridgehead atoms. The Hall–Kier alpha value is -0.440. The van der Waals surface area contributed by atoms with Crippen LogP contribution in [0.15, 0.2) is 18.2 Å². The van der Waals surface area contributed by atoms with E-state index in [9.17, 15) is 0 Å². The van der Waals surface area contributed by atoms with Crippen LogP contribution < -0.4 is 10.6 Å². The molecule has 0 heterocycles. The lowest BCUT2D eigenvalue weighted by Crippen LogP contribution is -2.22. The zero-order valence-electron chi connectivity index (χ0n) is 8.82. The number of nitrogens with one attached hydrogen (secondary N) is 2. The maximum absolute atomic E-state index is 6.02. The summed E-state index contributed by atoms with van der Waals surface area (Å²) in [6, 6.07) is 5.59. The van der Waals surface area contributed by atoms with Gasteiger partial charge in [0.25, 0.3) is 0 Å². The molecule has 0 aliphatic rings. The maximum Gasteiger partial charge on any atom is 0.0823 e. The molecule has 0 spiro atoms. The van der Waals surface area contributed by atoms with Crippen LogP contribution in [-0.4, -0.2) is 19.6 Å². The Labute approximate surface area is 101 Å². The van der Waals surface area contributed by atoms with Crippen molar-refractivity contribution in [3.05, 3.63) is 28.2 Å². The van der Waals surface area contributed by atoms with Crippen molar-refractivity contribution in [3.63, 3.8) is 0 Å². The standard InChI is InChI=1S/C11H16Cl2N2/c1-2-6-14-7-8-15-10-5-3-4-9(12)11(10)13/h3-5,14-15H,2,6-8H2,1H3. The van der Waals surface area contributed by atoms with Crippen LogP contribution >= 0.6 is 23.2 Å². The minimum Gasteiger partial charge on any atom is -0.383 e.